The topological polar surface area (TPSA) is 89.8 Å². The second-order valence-electron chi connectivity index (χ2n) is 7.57. The predicted molar refractivity (Wildman–Crippen MR) is 107 cm³/mol. The molecule has 0 radical (unpaired) electrons. The summed E-state index contributed by atoms with van der Waals surface area (Å²) in [6.45, 7) is 3.29. The molecule has 0 rings (SSSR count). The van der Waals surface area contributed by atoms with Crippen LogP contribution in [0.4, 0.5) is 0 Å². The van der Waals surface area contributed by atoms with E-state index in [9.17, 15) is 20.1 Å². The average molecular weight is 374 g/mol. The monoisotopic (exact) mass is 373 g/mol. The zero-order valence-corrected chi connectivity index (χ0v) is 17.1. The van der Waals surface area contributed by atoms with Crippen LogP contribution in [-0.4, -0.2) is 46.1 Å². The van der Waals surface area contributed by atoms with Crippen LogP contribution in [-0.2, 0) is 4.79 Å². The van der Waals surface area contributed by atoms with Crippen LogP contribution >= 0.6 is 0 Å². The Bertz CT molecular complexity index is 323. The quantitative estimate of drug-likeness (QED) is 0.276. The molecule has 0 aromatic heterocycles. The second-order valence-corrected chi connectivity index (χ2v) is 7.57. The normalized spacial score (nSPS) is 14.8. The molecular weight excluding hydrogens is 330 g/mol. The first-order valence-corrected chi connectivity index (χ1v) is 10.8. The van der Waals surface area contributed by atoms with Gasteiger partial charge in [-0.05, 0) is 13.3 Å². The van der Waals surface area contributed by atoms with E-state index >= 15 is 0 Å². The van der Waals surface area contributed by atoms with Crippen molar-refractivity contribution in [2.75, 3.05) is 6.61 Å². The Morgan fingerprint density at radius 1 is 0.808 bits per heavy atom. The maximum Gasteiger partial charge on any atom is 0.248 e. The molecule has 0 bridgehead atoms. The molecule has 3 unspecified atom stereocenters. The first kappa shape index (κ1) is 25.4. The van der Waals surface area contributed by atoms with Gasteiger partial charge in [-0.15, -0.1) is 0 Å². The summed E-state index contributed by atoms with van der Waals surface area (Å²) in [4.78, 5) is 11.4. The van der Waals surface area contributed by atoms with Crippen LogP contribution in [0.2, 0.25) is 0 Å². The van der Waals surface area contributed by atoms with Crippen molar-refractivity contribution in [3.63, 3.8) is 0 Å². The number of amides is 1. The first-order valence-electron chi connectivity index (χ1n) is 10.8. The van der Waals surface area contributed by atoms with Crippen LogP contribution in [0.1, 0.15) is 104 Å². The number of carbonyl (C=O) groups excluding carboxylic acids is 1. The standard InChI is InChI=1S/C21H43NO4/c1-3-4-5-6-7-8-9-10-11-12-13-14-15-16-20(25)19(17-23)22-21(26)18(2)24/h18-20,23-25H,3-17H2,1-2H3,(H,22,26). The van der Waals surface area contributed by atoms with Crippen LogP contribution in [0.5, 0.6) is 0 Å². The van der Waals surface area contributed by atoms with Crippen molar-refractivity contribution in [3.8, 4) is 0 Å². The average Bonchev–Trinajstić information content (AvgIpc) is 2.62. The van der Waals surface area contributed by atoms with Gasteiger partial charge in [-0.25, -0.2) is 0 Å². The highest BCUT2D eigenvalue weighted by Gasteiger charge is 2.21. The fraction of sp³-hybridized carbons (Fsp3) is 0.952. The summed E-state index contributed by atoms with van der Waals surface area (Å²) in [5.41, 5.74) is 0. The summed E-state index contributed by atoms with van der Waals surface area (Å²) in [5.74, 6) is -0.562. The maximum absolute atomic E-state index is 11.4. The zero-order chi connectivity index (χ0) is 19.6. The summed E-state index contributed by atoms with van der Waals surface area (Å²) in [6, 6.07) is -0.700. The molecule has 5 nitrogen and oxygen atoms in total. The van der Waals surface area contributed by atoms with Gasteiger partial charge >= 0.3 is 0 Å². The molecule has 0 aliphatic heterocycles. The number of aliphatic hydroxyl groups is 3. The van der Waals surface area contributed by atoms with Gasteiger partial charge in [0.05, 0.1) is 18.8 Å². The molecule has 0 aliphatic carbocycles. The Hall–Kier alpha value is -0.650. The number of carbonyl (C=O) groups is 1. The fourth-order valence-corrected chi connectivity index (χ4v) is 3.14. The van der Waals surface area contributed by atoms with E-state index in [-0.39, 0.29) is 6.61 Å². The Labute approximate surface area is 160 Å². The van der Waals surface area contributed by atoms with Gasteiger partial charge in [0, 0.05) is 0 Å². The fourth-order valence-electron chi connectivity index (χ4n) is 3.14. The lowest BCUT2D eigenvalue weighted by atomic mass is 10.0. The van der Waals surface area contributed by atoms with E-state index in [1.54, 1.807) is 0 Å². The molecular formula is C21H43NO4. The highest BCUT2D eigenvalue weighted by molar-refractivity contribution is 5.80. The highest BCUT2D eigenvalue weighted by Crippen LogP contribution is 2.14. The zero-order valence-electron chi connectivity index (χ0n) is 17.1. The smallest absolute Gasteiger partial charge is 0.248 e. The van der Waals surface area contributed by atoms with E-state index in [2.05, 4.69) is 12.2 Å². The molecule has 0 fully saturated rings. The molecule has 0 aliphatic rings. The van der Waals surface area contributed by atoms with E-state index in [0.717, 1.165) is 12.8 Å². The van der Waals surface area contributed by atoms with Gasteiger partial charge < -0.3 is 20.6 Å². The van der Waals surface area contributed by atoms with Crippen LogP contribution in [0.25, 0.3) is 0 Å². The molecule has 3 atom stereocenters. The summed E-state index contributed by atoms with van der Waals surface area (Å²) in [6.07, 6.45) is 15.2. The molecule has 0 spiro atoms. The Kier molecular flexibility index (Phi) is 17.3. The number of rotatable bonds is 18. The van der Waals surface area contributed by atoms with Crippen molar-refractivity contribution >= 4 is 5.91 Å². The van der Waals surface area contributed by atoms with Gasteiger partial charge in [-0.1, -0.05) is 90.4 Å². The van der Waals surface area contributed by atoms with Gasteiger partial charge in [-0.2, -0.15) is 0 Å². The Morgan fingerprint density at radius 2 is 1.23 bits per heavy atom. The van der Waals surface area contributed by atoms with Crippen molar-refractivity contribution in [1.82, 2.24) is 5.32 Å². The molecule has 5 heteroatoms. The SMILES string of the molecule is CCCCCCCCCCCCCCCC(O)C(CO)NC(=O)C(C)O. The third kappa shape index (κ3) is 14.5. The van der Waals surface area contributed by atoms with Crippen molar-refractivity contribution in [1.29, 1.82) is 0 Å². The lowest BCUT2D eigenvalue weighted by molar-refractivity contribution is -0.130. The molecule has 0 aromatic rings. The van der Waals surface area contributed by atoms with Gasteiger partial charge in [-0.3, -0.25) is 4.79 Å². The van der Waals surface area contributed by atoms with E-state index in [4.69, 9.17) is 0 Å². The van der Waals surface area contributed by atoms with E-state index in [1.165, 1.54) is 77.6 Å². The van der Waals surface area contributed by atoms with Gasteiger partial charge in [0.2, 0.25) is 5.91 Å². The summed E-state index contributed by atoms with van der Waals surface area (Å²) >= 11 is 0. The molecule has 0 saturated heterocycles. The van der Waals surface area contributed by atoms with Crippen molar-refractivity contribution in [2.45, 2.75) is 122 Å². The molecule has 0 saturated carbocycles. The third-order valence-electron chi connectivity index (χ3n) is 4.97. The van der Waals surface area contributed by atoms with E-state index in [1.807, 2.05) is 0 Å². The Morgan fingerprint density at radius 3 is 1.62 bits per heavy atom. The molecule has 4 N–H and O–H groups in total. The highest BCUT2D eigenvalue weighted by atomic mass is 16.3. The van der Waals surface area contributed by atoms with E-state index < -0.39 is 24.2 Å². The van der Waals surface area contributed by atoms with Crippen molar-refractivity contribution < 1.29 is 20.1 Å². The van der Waals surface area contributed by atoms with Crippen LogP contribution in [0.15, 0.2) is 0 Å². The van der Waals surface area contributed by atoms with E-state index in [0.29, 0.717) is 6.42 Å². The molecule has 26 heavy (non-hydrogen) atoms. The summed E-state index contributed by atoms with van der Waals surface area (Å²) < 4.78 is 0. The van der Waals surface area contributed by atoms with Gasteiger partial charge in [0.1, 0.15) is 6.10 Å². The molecule has 0 heterocycles. The number of aliphatic hydroxyl groups excluding tert-OH is 3. The van der Waals surface area contributed by atoms with Crippen molar-refractivity contribution in [2.24, 2.45) is 0 Å². The minimum Gasteiger partial charge on any atom is -0.394 e. The molecule has 1 amide bonds. The van der Waals surface area contributed by atoms with Crippen molar-refractivity contribution in [3.05, 3.63) is 0 Å². The maximum atomic E-state index is 11.4. The predicted octanol–water partition coefficient (Wildman–Crippen LogP) is 3.69. The van der Waals surface area contributed by atoms with Gasteiger partial charge in [0.25, 0.3) is 0 Å². The third-order valence-corrected chi connectivity index (χ3v) is 4.97. The number of nitrogens with one attached hydrogen (secondary N) is 1. The lowest BCUT2D eigenvalue weighted by Gasteiger charge is -2.23. The van der Waals surface area contributed by atoms with Crippen LogP contribution in [0.3, 0.4) is 0 Å². The summed E-state index contributed by atoms with van der Waals surface area (Å²) in [7, 11) is 0. The minimum absolute atomic E-state index is 0.321. The van der Waals surface area contributed by atoms with Gasteiger partial charge in [0.15, 0.2) is 0 Å². The van der Waals surface area contributed by atoms with Crippen LogP contribution < -0.4 is 5.32 Å². The number of hydrogen-bond acceptors (Lipinski definition) is 4. The van der Waals surface area contributed by atoms with Crippen LogP contribution in [0, 0.1) is 0 Å². The molecule has 0 aromatic carbocycles. The summed E-state index contributed by atoms with van der Waals surface area (Å²) in [5, 5.41) is 31.0. The first-order chi connectivity index (χ1) is 12.5. The Balaban J connectivity index is 3.49. The lowest BCUT2D eigenvalue weighted by Crippen LogP contribution is -2.48. The number of unbranched alkanes of at least 4 members (excludes halogenated alkanes) is 12. The largest absolute Gasteiger partial charge is 0.394 e. The molecule has 156 valence electrons. The second kappa shape index (κ2) is 17.7. The number of hydrogen-bond donors (Lipinski definition) is 4. The minimum atomic E-state index is -1.13.